The first-order valence-electron chi connectivity index (χ1n) is 7.51. The van der Waals surface area contributed by atoms with Crippen molar-refractivity contribution in [3.8, 4) is 5.75 Å². The Morgan fingerprint density at radius 1 is 1.54 bits per heavy atom. The lowest BCUT2D eigenvalue weighted by molar-refractivity contribution is -0.176. The maximum Gasteiger partial charge on any atom is 0.450 e. The molecule has 0 saturated carbocycles. The lowest BCUT2D eigenvalue weighted by Crippen LogP contribution is -2.49. The molecule has 0 bridgehead atoms. The highest BCUT2D eigenvalue weighted by molar-refractivity contribution is 9.10. The number of fused-ring (bicyclic) bond motifs is 1. The van der Waals surface area contributed by atoms with Gasteiger partial charge in [-0.3, -0.25) is 4.79 Å². The fourth-order valence-electron chi connectivity index (χ4n) is 2.93. The number of benzene rings is 1. The number of alkyl halides is 3. The smallest absolute Gasteiger partial charge is 0.450 e. The standard InChI is InChI=1S/C17H19BrF3NO2/c1-4-5-24-14-7-11-6-10(2)22-9-16(3,12(11)8-13(14)18)15(23)17(19,20)21/h4,7-8,10,22H,1,5-6,9H2,2-3H3. The molecule has 2 unspecified atom stereocenters. The summed E-state index contributed by atoms with van der Waals surface area (Å²) in [6.45, 7) is 7.00. The third-order valence-corrected chi connectivity index (χ3v) is 4.82. The van der Waals surface area contributed by atoms with Gasteiger partial charge in [-0.15, -0.1) is 0 Å². The van der Waals surface area contributed by atoms with Crippen LogP contribution in [0.15, 0.2) is 29.3 Å². The van der Waals surface area contributed by atoms with Crippen molar-refractivity contribution < 1.29 is 22.7 Å². The van der Waals surface area contributed by atoms with E-state index >= 15 is 0 Å². The Bertz CT molecular complexity index is 660. The molecule has 132 valence electrons. The lowest BCUT2D eigenvalue weighted by atomic mass is 9.76. The number of hydrogen-bond donors (Lipinski definition) is 1. The van der Waals surface area contributed by atoms with Crippen molar-refractivity contribution in [2.75, 3.05) is 13.2 Å². The van der Waals surface area contributed by atoms with Crippen molar-refractivity contribution in [1.29, 1.82) is 0 Å². The van der Waals surface area contributed by atoms with Crippen LogP contribution in [0.1, 0.15) is 25.0 Å². The number of ether oxygens (including phenoxy) is 1. The minimum Gasteiger partial charge on any atom is -0.488 e. The van der Waals surface area contributed by atoms with E-state index in [1.165, 1.54) is 6.92 Å². The predicted molar refractivity (Wildman–Crippen MR) is 89.4 cm³/mol. The molecule has 3 nitrogen and oxygen atoms in total. The summed E-state index contributed by atoms with van der Waals surface area (Å²) in [7, 11) is 0. The van der Waals surface area contributed by atoms with Crippen LogP contribution < -0.4 is 10.1 Å². The molecular formula is C17H19BrF3NO2. The molecule has 0 aromatic heterocycles. The number of nitrogens with one attached hydrogen (secondary N) is 1. The van der Waals surface area contributed by atoms with Gasteiger partial charge in [0.1, 0.15) is 12.4 Å². The van der Waals surface area contributed by atoms with E-state index in [1.807, 2.05) is 6.92 Å². The molecule has 0 aliphatic carbocycles. The number of ketones is 1. The highest BCUT2D eigenvalue weighted by Gasteiger charge is 2.52. The Balaban J connectivity index is 2.58. The van der Waals surface area contributed by atoms with Crippen LogP contribution in [0.4, 0.5) is 13.2 Å². The third kappa shape index (κ3) is 3.67. The Hall–Kier alpha value is -1.34. The van der Waals surface area contributed by atoms with Crippen LogP contribution in [0.25, 0.3) is 0 Å². The summed E-state index contributed by atoms with van der Waals surface area (Å²) in [4.78, 5) is 12.1. The Labute approximate surface area is 147 Å². The fourth-order valence-corrected chi connectivity index (χ4v) is 3.39. The summed E-state index contributed by atoms with van der Waals surface area (Å²) in [6.07, 6.45) is -2.81. The van der Waals surface area contributed by atoms with Crippen molar-refractivity contribution >= 4 is 21.7 Å². The second-order valence-corrected chi connectivity index (χ2v) is 7.04. The first-order chi connectivity index (χ1) is 11.1. The third-order valence-electron chi connectivity index (χ3n) is 4.20. The Morgan fingerprint density at radius 2 is 2.21 bits per heavy atom. The number of hydrogen-bond acceptors (Lipinski definition) is 3. The van der Waals surface area contributed by atoms with Gasteiger partial charge in [0.15, 0.2) is 0 Å². The zero-order valence-electron chi connectivity index (χ0n) is 13.5. The zero-order chi connectivity index (χ0) is 18.1. The van der Waals surface area contributed by atoms with E-state index in [0.29, 0.717) is 27.8 Å². The quantitative estimate of drug-likeness (QED) is 0.771. The van der Waals surface area contributed by atoms with Crippen LogP contribution in [0.5, 0.6) is 5.75 Å². The summed E-state index contributed by atoms with van der Waals surface area (Å²) in [5.41, 5.74) is -0.632. The molecular weight excluding hydrogens is 387 g/mol. The molecule has 7 heteroatoms. The van der Waals surface area contributed by atoms with E-state index in [0.717, 1.165) is 0 Å². The molecule has 1 aliphatic heterocycles. The van der Waals surface area contributed by atoms with E-state index in [9.17, 15) is 18.0 Å². The van der Waals surface area contributed by atoms with Crippen LogP contribution >= 0.6 is 15.9 Å². The topological polar surface area (TPSA) is 38.3 Å². The summed E-state index contributed by atoms with van der Waals surface area (Å²) < 4.78 is 45.4. The fraction of sp³-hybridized carbons (Fsp3) is 0.471. The number of carbonyl (C=O) groups excluding carboxylic acids is 1. The average molecular weight is 406 g/mol. The SMILES string of the molecule is C=CCOc1cc2c(cc1Br)C(C)(C(=O)C(F)(F)F)CNC(C)C2. The Morgan fingerprint density at radius 3 is 2.79 bits per heavy atom. The molecule has 0 spiro atoms. The van der Waals surface area contributed by atoms with Gasteiger partial charge in [-0.2, -0.15) is 13.2 Å². The van der Waals surface area contributed by atoms with Crippen molar-refractivity contribution in [3.05, 3.63) is 40.4 Å². The van der Waals surface area contributed by atoms with Gasteiger partial charge in [0.05, 0.1) is 9.89 Å². The Kier molecular flexibility index (Phi) is 5.44. The normalized spacial score (nSPS) is 24.0. The number of rotatable bonds is 4. The minimum absolute atomic E-state index is 0.0555. The van der Waals surface area contributed by atoms with Crippen LogP contribution in [0.3, 0.4) is 0 Å². The van der Waals surface area contributed by atoms with Crippen LogP contribution in [-0.4, -0.2) is 31.2 Å². The van der Waals surface area contributed by atoms with Crippen molar-refractivity contribution in [2.24, 2.45) is 0 Å². The minimum atomic E-state index is -4.90. The predicted octanol–water partition coefficient (Wildman–Crippen LogP) is 3.94. The van der Waals surface area contributed by atoms with Gasteiger partial charge < -0.3 is 10.1 Å². The molecule has 0 amide bonds. The largest absolute Gasteiger partial charge is 0.488 e. The lowest BCUT2D eigenvalue weighted by Gasteiger charge is -2.30. The van der Waals surface area contributed by atoms with E-state index < -0.39 is 17.4 Å². The monoisotopic (exact) mass is 405 g/mol. The average Bonchev–Trinajstić information content (AvgIpc) is 2.62. The molecule has 1 aromatic carbocycles. The zero-order valence-corrected chi connectivity index (χ0v) is 15.1. The molecule has 1 N–H and O–H groups in total. The molecule has 0 fully saturated rings. The van der Waals surface area contributed by atoms with Gasteiger partial charge >= 0.3 is 6.18 Å². The van der Waals surface area contributed by atoms with Crippen molar-refractivity contribution in [1.82, 2.24) is 5.32 Å². The molecule has 1 heterocycles. The van der Waals surface area contributed by atoms with E-state index in [1.54, 1.807) is 18.2 Å². The summed E-state index contributed by atoms with van der Waals surface area (Å²) in [5.74, 6) is -1.23. The summed E-state index contributed by atoms with van der Waals surface area (Å²) >= 11 is 3.33. The van der Waals surface area contributed by atoms with Gasteiger partial charge in [0, 0.05) is 12.6 Å². The maximum absolute atomic E-state index is 13.1. The summed E-state index contributed by atoms with van der Waals surface area (Å²) in [5, 5.41) is 3.02. The van der Waals surface area contributed by atoms with E-state index in [-0.39, 0.29) is 19.2 Å². The van der Waals surface area contributed by atoms with Gasteiger partial charge in [-0.05, 0) is 59.5 Å². The molecule has 1 aliphatic rings. The molecule has 2 rings (SSSR count). The van der Waals surface area contributed by atoms with Gasteiger partial charge in [-0.1, -0.05) is 12.7 Å². The molecule has 0 radical (unpaired) electrons. The highest BCUT2D eigenvalue weighted by Crippen LogP contribution is 2.40. The van der Waals surface area contributed by atoms with Crippen LogP contribution in [0.2, 0.25) is 0 Å². The molecule has 1 aromatic rings. The second-order valence-electron chi connectivity index (χ2n) is 6.18. The van der Waals surface area contributed by atoms with Crippen molar-refractivity contribution in [3.63, 3.8) is 0 Å². The van der Waals surface area contributed by atoms with Crippen LogP contribution in [-0.2, 0) is 16.6 Å². The highest BCUT2D eigenvalue weighted by atomic mass is 79.9. The van der Waals surface area contributed by atoms with Gasteiger partial charge in [-0.25, -0.2) is 0 Å². The van der Waals surface area contributed by atoms with E-state index in [2.05, 4.69) is 27.8 Å². The second kappa shape index (κ2) is 6.88. The maximum atomic E-state index is 13.1. The van der Waals surface area contributed by atoms with Gasteiger partial charge in [0.2, 0.25) is 5.78 Å². The molecule has 0 saturated heterocycles. The summed E-state index contributed by atoms with van der Waals surface area (Å²) in [6, 6.07) is 3.21. The molecule has 24 heavy (non-hydrogen) atoms. The molecule has 2 atom stereocenters. The first-order valence-corrected chi connectivity index (χ1v) is 8.30. The van der Waals surface area contributed by atoms with Crippen molar-refractivity contribution in [2.45, 2.75) is 37.9 Å². The first kappa shape index (κ1) is 19.0. The van der Waals surface area contributed by atoms with Gasteiger partial charge in [0.25, 0.3) is 0 Å². The number of carbonyl (C=O) groups is 1. The van der Waals surface area contributed by atoms with Crippen LogP contribution in [0, 0.1) is 0 Å². The number of Topliss-reactive ketones (excluding diaryl/α,β-unsaturated/α-hetero) is 1. The number of halogens is 4. The van der Waals surface area contributed by atoms with E-state index in [4.69, 9.17) is 4.74 Å².